The summed E-state index contributed by atoms with van der Waals surface area (Å²) in [6, 6.07) is 0.245. The molecular weight excluding hydrogens is 390 g/mol. The Bertz CT molecular complexity index is 863. The molecule has 0 spiro atoms. The molecule has 0 amide bonds. The summed E-state index contributed by atoms with van der Waals surface area (Å²) in [6.07, 6.45) is 2.60. The molecule has 26 heavy (non-hydrogen) atoms. The normalized spacial score (nSPS) is 19.6. The van der Waals surface area contributed by atoms with Crippen molar-refractivity contribution in [3.8, 4) is 0 Å². The zero-order chi connectivity index (χ0) is 17.7. The molecule has 2 aliphatic rings. The van der Waals surface area contributed by atoms with Gasteiger partial charge in [0.2, 0.25) is 0 Å². The zero-order valence-electron chi connectivity index (χ0n) is 13.8. The number of aromatic amines is 1. The topological polar surface area (TPSA) is 24.0 Å². The molecule has 9 heteroatoms. The van der Waals surface area contributed by atoms with Crippen molar-refractivity contribution in [3.63, 3.8) is 0 Å². The summed E-state index contributed by atoms with van der Waals surface area (Å²) in [7, 11) is 0. The number of fused-ring (bicyclic) bond motifs is 1. The number of benzene rings is 1. The van der Waals surface area contributed by atoms with E-state index in [1.165, 1.54) is 0 Å². The third-order valence-corrected chi connectivity index (χ3v) is 5.48. The van der Waals surface area contributed by atoms with Gasteiger partial charge in [-0.1, -0.05) is 0 Å². The molecule has 1 aromatic heterocycles. The van der Waals surface area contributed by atoms with Gasteiger partial charge in [-0.3, -0.25) is 4.90 Å². The summed E-state index contributed by atoms with van der Waals surface area (Å²) in [4.78, 5) is 5.46. The molecule has 1 saturated heterocycles. The van der Waals surface area contributed by atoms with Crippen molar-refractivity contribution in [3.05, 3.63) is 51.1 Å². The number of likely N-dealkylation sites (tertiary alicyclic amines) is 1. The Kier molecular flexibility index (Phi) is 5.46. The van der Waals surface area contributed by atoms with Crippen LogP contribution in [0.4, 0.5) is 17.6 Å². The first-order chi connectivity index (χ1) is 12.0. The van der Waals surface area contributed by atoms with Gasteiger partial charge in [0.1, 0.15) is 0 Å². The predicted molar refractivity (Wildman–Crippen MR) is 94.1 cm³/mol. The van der Waals surface area contributed by atoms with E-state index in [1.54, 1.807) is 4.57 Å². The first kappa shape index (κ1) is 19.4. The predicted octanol–water partition coefficient (Wildman–Crippen LogP) is 4.46. The van der Waals surface area contributed by atoms with Gasteiger partial charge in [0.05, 0.1) is 5.69 Å². The quantitative estimate of drug-likeness (QED) is 0.461. The van der Waals surface area contributed by atoms with Crippen LogP contribution < -0.4 is 0 Å². The van der Waals surface area contributed by atoms with Crippen molar-refractivity contribution in [1.82, 2.24) is 14.5 Å². The largest absolute Gasteiger partial charge is 0.333 e. The molecule has 142 valence electrons. The van der Waals surface area contributed by atoms with Crippen LogP contribution in [0, 0.1) is 28.0 Å². The highest BCUT2D eigenvalue weighted by Crippen LogP contribution is 2.36. The summed E-state index contributed by atoms with van der Waals surface area (Å²) in [5, 5.41) is 0. The lowest BCUT2D eigenvalue weighted by Gasteiger charge is -2.15. The molecule has 0 aliphatic carbocycles. The smallest absolute Gasteiger partial charge is 0.177 e. The van der Waals surface area contributed by atoms with Crippen LogP contribution >= 0.6 is 24.6 Å². The number of hydrogen-bond donors (Lipinski definition) is 1. The number of nitrogens with zero attached hydrogens (tertiary/aromatic N) is 2. The number of rotatable bonds is 3. The SMILES string of the molecule is Cl.Fc1cc(F)c(F)c([C@H]2Cc3c(CN4CCCC4)[nH]c(=S)n3C2)c1F. The van der Waals surface area contributed by atoms with Gasteiger partial charge in [-0.15, -0.1) is 12.4 Å². The lowest BCUT2D eigenvalue weighted by Crippen LogP contribution is -2.19. The van der Waals surface area contributed by atoms with E-state index in [0.717, 1.165) is 37.3 Å². The maximum Gasteiger partial charge on any atom is 0.177 e. The van der Waals surface area contributed by atoms with Crippen LogP contribution in [-0.4, -0.2) is 27.5 Å². The first-order valence-corrected chi connectivity index (χ1v) is 8.72. The van der Waals surface area contributed by atoms with E-state index >= 15 is 0 Å². The van der Waals surface area contributed by atoms with Gasteiger partial charge in [-0.05, 0) is 44.6 Å². The van der Waals surface area contributed by atoms with Crippen LogP contribution in [0.25, 0.3) is 0 Å². The summed E-state index contributed by atoms with van der Waals surface area (Å²) in [6.45, 7) is 2.92. The Hall–Kier alpha value is -1.38. The molecular formula is C17H18ClF4N3S. The van der Waals surface area contributed by atoms with Crippen molar-refractivity contribution < 1.29 is 17.6 Å². The Morgan fingerprint density at radius 1 is 1.08 bits per heavy atom. The molecule has 0 radical (unpaired) electrons. The maximum atomic E-state index is 14.1. The van der Waals surface area contributed by atoms with Crippen molar-refractivity contribution in [1.29, 1.82) is 0 Å². The maximum absolute atomic E-state index is 14.1. The molecule has 0 saturated carbocycles. The Morgan fingerprint density at radius 3 is 2.31 bits per heavy atom. The number of imidazole rings is 1. The fourth-order valence-electron chi connectivity index (χ4n) is 3.94. The summed E-state index contributed by atoms with van der Waals surface area (Å²) < 4.78 is 57.6. The molecule has 1 fully saturated rings. The summed E-state index contributed by atoms with van der Waals surface area (Å²) in [5.41, 5.74) is 1.26. The summed E-state index contributed by atoms with van der Waals surface area (Å²) >= 11 is 5.31. The molecule has 3 heterocycles. The lowest BCUT2D eigenvalue weighted by atomic mass is 9.95. The van der Waals surface area contributed by atoms with Crippen LogP contribution in [-0.2, 0) is 19.5 Å². The molecule has 1 N–H and O–H groups in total. The minimum absolute atomic E-state index is 0. The Labute approximate surface area is 159 Å². The molecule has 2 aromatic rings. The number of hydrogen-bond acceptors (Lipinski definition) is 2. The van der Waals surface area contributed by atoms with Crippen LogP contribution in [0.3, 0.4) is 0 Å². The van der Waals surface area contributed by atoms with Crippen LogP contribution in [0.15, 0.2) is 6.07 Å². The van der Waals surface area contributed by atoms with E-state index in [9.17, 15) is 17.6 Å². The van der Waals surface area contributed by atoms with Crippen molar-refractivity contribution in [2.24, 2.45) is 0 Å². The minimum atomic E-state index is -1.37. The van der Waals surface area contributed by atoms with Gasteiger partial charge < -0.3 is 9.55 Å². The molecule has 3 nitrogen and oxygen atoms in total. The van der Waals surface area contributed by atoms with E-state index in [2.05, 4.69) is 9.88 Å². The monoisotopic (exact) mass is 407 g/mol. The van der Waals surface area contributed by atoms with Gasteiger partial charge in [0, 0.05) is 36.3 Å². The number of aromatic nitrogens is 2. The number of nitrogens with one attached hydrogen (secondary N) is 1. The second kappa shape index (κ2) is 7.32. The fraction of sp³-hybridized carbons (Fsp3) is 0.471. The summed E-state index contributed by atoms with van der Waals surface area (Å²) in [5.74, 6) is -6.04. The number of halogens is 5. The molecule has 4 rings (SSSR count). The fourth-order valence-corrected chi connectivity index (χ4v) is 4.25. The molecule has 0 bridgehead atoms. The van der Waals surface area contributed by atoms with E-state index in [4.69, 9.17) is 12.2 Å². The van der Waals surface area contributed by atoms with Crippen LogP contribution in [0.5, 0.6) is 0 Å². The standard InChI is InChI=1S/C17H17F4N3S.ClH/c18-10-6-11(19)16(21)14(15(10)20)9-5-13-12(8-23-3-1-2-4-23)22-17(25)24(13)7-9;/h6,9H,1-5,7-8H2,(H,22,25);1H/t9-;/m0./s1. The van der Waals surface area contributed by atoms with E-state index < -0.39 is 34.8 Å². The third-order valence-electron chi connectivity index (χ3n) is 5.15. The third kappa shape index (κ3) is 3.18. The lowest BCUT2D eigenvalue weighted by molar-refractivity contribution is 0.326. The molecule has 0 unspecified atom stereocenters. The van der Waals surface area contributed by atoms with Crippen LogP contribution in [0.1, 0.15) is 35.7 Å². The average molecular weight is 408 g/mol. The average Bonchev–Trinajstić information content (AvgIpc) is 3.27. The van der Waals surface area contributed by atoms with Crippen molar-refractivity contribution in [2.75, 3.05) is 13.1 Å². The van der Waals surface area contributed by atoms with Gasteiger partial charge in [0.25, 0.3) is 0 Å². The van der Waals surface area contributed by atoms with Gasteiger partial charge in [-0.25, -0.2) is 17.6 Å². The second-order valence-corrected chi connectivity index (χ2v) is 7.12. The van der Waals surface area contributed by atoms with Crippen molar-refractivity contribution in [2.45, 2.75) is 38.3 Å². The zero-order valence-corrected chi connectivity index (χ0v) is 15.5. The Balaban J connectivity index is 0.00000196. The Morgan fingerprint density at radius 2 is 1.69 bits per heavy atom. The van der Waals surface area contributed by atoms with Gasteiger partial charge in [0.15, 0.2) is 28.0 Å². The van der Waals surface area contributed by atoms with E-state index in [-0.39, 0.29) is 25.0 Å². The van der Waals surface area contributed by atoms with E-state index in [1.807, 2.05) is 0 Å². The molecule has 2 aliphatic heterocycles. The highest BCUT2D eigenvalue weighted by Gasteiger charge is 2.33. The second-order valence-electron chi connectivity index (χ2n) is 6.73. The highest BCUT2D eigenvalue weighted by molar-refractivity contribution is 7.71. The van der Waals surface area contributed by atoms with Crippen molar-refractivity contribution >= 4 is 24.6 Å². The van der Waals surface area contributed by atoms with Gasteiger partial charge in [-0.2, -0.15) is 0 Å². The highest BCUT2D eigenvalue weighted by atomic mass is 35.5. The van der Waals surface area contributed by atoms with Crippen LogP contribution in [0.2, 0.25) is 0 Å². The molecule has 1 atom stereocenters. The molecule has 1 aromatic carbocycles. The number of H-pyrrole nitrogens is 1. The first-order valence-electron chi connectivity index (χ1n) is 8.31. The van der Waals surface area contributed by atoms with Gasteiger partial charge >= 0.3 is 0 Å². The minimum Gasteiger partial charge on any atom is -0.333 e. The van der Waals surface area contributed by atoms with E-state index in [0.29, 0.717) is 17.7 Å².